The Morgan fingerprint density at radius 3 is 2.93 bits per heavy atom. The first-order valence-electron chi connectivity index (χ1n) is 4.40. The van der Waals surface area contributed by atoms with Crippen molar-refractivity contribution in [1.82, 2.24) is 14.5 Å². The SMILES string of the molecule is CN(CCCO)S(=O)(=O)Nc1cn[nH]c1. The van der Waals surface area contributed by atoms with Crippen molar-refractivity contribution in [2.75, 3.05) is 24.9 Å². The second kappa shape index (κ2) is 5.10. The van der Waals surface area contributed by atoms with Crippen LogP contribution < -0.4 is 4.72 Å². The number of hydrogen-bond donors (Lipinski definition) is 3. The highest BCUT2D eigenvalue weighted by Crippen LogP contribution is 2.07. The van der Waals surface area contributed by atoms with Gasteiger partial charge in [-0.05, 0) is 6.42 Å². The van der Waals surface area contributed by atoms with Gasteiger partial charge in [-0.1, -0.05) is 0 Å². The van der Waals surface area contributed by atoms with Crippen LogP contribution in [0.3, 0.4) is 0 Å². The average molecular weight is 234 g/mol. The van der Waals surface area contributed by atoms with Gasteiger partial charge < -0.3 is 5.11 Å². The number of nitrogens with zero attached hydrogens (tertiary/aromatic N) is 2. The molecule has 0 aliphatic rings. The third-order valence-electron chi connectivity index (χ3n) is 1.79. The molecule has 0 unspecified atom stereocenters. The first-order valence-corrected chi connectivity index (χ1v) is 5.84. The largest absolute Gasteiger partial charge is 0.396 e. The first kappa shape index (κ1) is 12.0. The Morgan fingerprint density at radius 2 is 2.40 bits per heavy atom. The number of hydrogen-bond acceptors (Lipinski definition) is 4. The van der Waals surface area contributed by atoms with E-state index in [0.29, 0.717) is 12.1 Å². The molecule has 8 heteroatoms. The van der Waals surface area contributed by atoms with Gasteiger partial charge in [-0.3, -0.25) is 9.82 Å². The normalized spacial score (nSPS) is 11.9. The zero-order chi connectivity index (χ0) is 11.3. The summed E-state index contributed by atoms with van der Waals surface area (Å²) in [6.45, 7) is 0.231. The third kappa shape index (κ3) is 3.50. The molecule has 15 heavy (non-hydrogen) atoms. The quantitative estimate of drug-likeness (QED) is 0.611. The zero-order valence-corrected chi connectivity index (χ0v) is 9.16. The average Bonchev–Trinajstić information content (AvgIpc) is 2.65. The fourth-order valence-electron chi connectivity index (χ4n) is 0.947. The Morgan fingerprint density at radius 1 is 1.67 bits per heavy atom. The van der Waals surface area contributed by atoms with Gasteiger partial charge in [-0.25, -0.2) is 0 Å². The summed E-state index contributed by atoms with van der Waals surface area (Å²) in [5.41, 5.74) is 0.380. The van der Waals surface area contributed by atoms with Crippen LogP contribution >= 0.6 is 0 Å². The van der Waals surface area contributed by atoms with Crippen molar-refractivity contribution in [3.05, 3.63) is 12.4 Å². The summed E-state index contributed by atoms with van der Waals surface area (Å²) in [6, 6.07) is 0. The molecule has 0 aliphatic carbocycles. The van der Waals surface area contributed by atoms with Crippen LogP contribution in [0.1, 0.15) is 6.42 Å². The van der Waals surface area contributed by atoms with Gasteiger partial charge in [0.25, 0.3) is 0 Å². The number of aliphatic hydroxyl groups excluding tert-OH is 1. The molecule has 0 fully saturated rings. The third-order valence-corrected chi connectivity index (χ3v) is 3.28. The van der Waals surface area contributed by atoms with E-state index in [4.69, 9.17) is 5.11 Å². The molecule has 7 nitrogen and oxygen atoms in total. The number of aromatic nitrogens is 2. The lowest BCUT2D eigenvalue weighted by Crippen LogP contribution is -2.33. The van der Waals surface area contributed by atoms with E-state index in [-0.39, 0.29) is 13.2 Å². The molecular weight excluding hydrogens is 220 g/mol. The van der Waals surface area contributed by atoms with Crippen molar-refractivity contribution >= 4 is 15.9 Å². The van der Waals surface area contributed by atoms with Crippen molar-refractivity contribution in [2.45, 2.75) is 6.42 Å². The number of H-pyrrole nitrogens is 1. The van der Waals surface area contributed by atoms with E-state index in [9.17, 15) is 8.42 Å². The van der Waals surface area contributed by atoms with Gasteiger partial charge in [0.15, 0.2) is 0 Å². The van der Waals surface area contributed by atoms with E-state index in [1.165, 1.54) is 19.4 Å². The Kier molecular flexibility index (Phi) is 4.06. The highest BCUT2D eigenvalue weighted by Gasteiger charge is 2.16. The van der Waals surface area contributed by atoms with Crippen molar-refractivity contribution in [2.24, 2.45) is 0 Å². The molecule has 1 aromatic rings. The number of aliphatic hydroxyl groups is 1. The van der Waals surface area contributed by atoms with Crippen LogP contribution in [0.5, 0.6) is 0 Å². The van der Waals surface area contributed by atoms with Gasteiger partial charge in [0.05, 0.1) is 11.9 Å². The van der Waals surface area contributed by atoms with Crippen LogP contribution in [0.4, 0.5) is 5.69 Å². The summed E-state index contributed by atoms with van der Waals surface area (Å²) in [4.78, 5) is 0. The predicted molar refractivity (Wildman–Crippen MR) is 55.5 cm³/mol. The Bertz CT molecular complexity index is 375. The summed E-state index contributed by atoms with van der Waals surface area (Å²) in [6.07, 6.45) is 3.22. The van der Waals surface area contributed by atoms with Gasteiger partial charge >= 0.3 is 10.2 Å². The Balaban J connectivity index is 2.59. The lowest BCUT2D eigenvalue weighted by Gasteiger charge is -2.16. The number of rotatable bonds is 6. The lowest BCUT2D eigenvalue weighted by molar-refractivity contribution is 0.276. The zero-order valence-electron chi connectivity index (χ0n) is 8.34. The van der Waals surface area contributed by atoms with Gasteiger partial charge in [-0.15, -0.1) is 0 Å². The van der Waals surface area contributed by atoms with Crippen molar-refractivity contribution < 1.29 is 13.5 Å². The van der Waals surface area contributed by atoms with E-state index in [2.05, 4.69) is 14.9 Å². The van der Waals surface area contributed by atoms with Crippen LogP contribution in [0, 0.1) is 0 Å². The molecular formula is C7H14N4O3S. The van der Waals surface area contributed by atoms with E-state index < -0.39 is 10.2 Å². The molecule has 0 radical (unpaired) electrons. The van der Waals surface area contributed by atoms with Gasteiger partial charge in [-0.2, -0.15) is 17.8 Å². The van der Waals surface area contributed by atoms with Crippen LogP contribution in [0.15, 0.2) is 12.4 Å². The highest BCUT2D eigenvalue weighted by atomic mass is 32.2. The summed E-state index contributed by atoms with van der Waals surface area (Å²) in [5, 5.41) is 14.7. The molecule has 1 rings (SSSR count). The summed E-state index contributed by atoms with van der Waals surface area (Å²) < 4.78 is 26.7. The number of anilines is 1. The second-order valence-electron chi connectivity index (χ2n) is 2.99. The Hall–Kier alpha value is -1.12. The molecule has 86 valence electrons. The maximum Gasteiger partial charge on any atom is 0.301 e. The molecule has 1 heterocycles. The molecule has 1 aromatic heterocycles. The summed E-state index contributed by atoms with van der Waals surface area (Å²) >= 11 is 0. The topological polar surface area (TPSA) is 98.3 Å². The first-order chi connectivity index (χ1) is 7.06. The highest BCUT2D eigenvalue weighted by molar-refractivity contribution is 7.90. The molecule has 0 spiro atoms. The maximum absolute atomic E-state index is 11.6. The van der Waals surface area contributed by atoms with Crippen molar-refractivity contribution in [3.63, 3.8) is 0 Å². The minimum atomic E-state index is -3.54. The van der Waals surface area contributed by atoms with Gasteiger partial charge in [0.2, 0.25) is 0 Å². The monoisotopic (exact) mass is 234 g/mol. The minimum absolute atomic E-state index is 0.0361. The van der Waals surface area contributed by atoms with Gasteiger partial charge in [0, 0.05) is 26.4 Å². The standard InChI is InChI=1S/C7H14N4O3S/c1-11(3-2-4-12)15(13,14)10-7-5-8-9-6-7/h5-6,10,12H,2-4H2,1H3,(H,8,9). The molecule has 3 N–H and O–H groups in total. The fraction of sp³-hybridized carbons (Fsp3) is 0.571. The van der Waals surface area contributed by atoms with E-state index >= 15 is 0 Å². The van der Waals surface area contributed by atoms with Crippen LogP contribution in [0.25, 0.3) is 0 Å². The van der Waals surface area contributed by atoms with Crippen LogP contribution in [-0.2, 0) is 10.2 Å². The smallest absolute Gasteiger partial charge is 0.301 e. The van der Waals surface area contributed by atoms with Gasteiger partial charge in [0.1, 0.15) is 0 Å². The van der Waals surface area contributed by atoms with E-state index in [1.54, 1.807) is 0 Å². The van der Waals surface area contributed by atoms with Crippen molar-refractivity contribution in [1.29, 1.82) is 0 Å². The Labute approximate surface area is 88.3 Å². The minimum Gasteiger partial charge on any atom is -0.396 e. The van der Waals surface area contributed by atoms with Crippen molar-refractivity contribution in [3.8, 4) is 0 Å². The number of aromatic amines is 1. The molecule has 0 saturated carbocycles. The van der Waals surface area contributed by atoms with E-state index in [0.717, 1.165) is 4.31 Å². The molecule has 0 atom stereocenters. The molecule has 0 bridgehead atoms. The molecule has 0 aliphatic heterocycles. The second-order valence-corrected chi connectivity index (χ2v) is 4.77. The molecule has 0 amide bonds. The summed E-state index contributed by atoms with van der Waals surface area (Å²) in [7, 11) is -2.10. The van der Waals surface area contributed by atoms with E-state index in [1.807, 2.05) is 0 Å². The predicted octanol–water partition coefficient (Wildman–Crippen LogP) is -0.619. The number of nitrogens with one attached hydrogen (secondary N) is 2. The lowest BCUT2D eigenvalue weighted by atomic mass is 10.5. The molecule has 0 aromatic carbocycles. The summed E-state index contributed by atoms with van der Waals surface area (Å²) in [5.74, 6) is 0. The van der Waals surface area contributed by atoms with Crippen LogP contribution in [0.2, 0.25) is 0 Å². The maximum atomic E-state index is 11.6. The van der Waals surface area contributed by atoms with Crippen LogP contribution in [-0.4, -0.2) is 48.2 Å². The molecule has 0 saturated heterocycles. The fourth-order valence-corrected chi connectivity index (χ4v) is 1.88.